The molecule has 0 aromatic heterocycles. The van der Waals surface area contributed by atoms with Crippen LogP contribution >= 0.6 is 0 Å². The van der Waals surface area contributed by atoms with Gasteiger partial charge in [0.25, 0.3) is 6.71 Å². The Morgan fingerprint density at radius 1 is 0.550 bits per heavy atom. The molecule has 0 amide bonds. The number of fused-ring (bicyclic) bond motifs is 4. The summed E-state index contributed by atoms with van der Waals surface area (Å²) in [6.45, 7) is 2.41. The first-order valence-corrected chi connectivity index (χ1v) is 14.9. The molecule has 0 atom stereocenters. The lowest BCUT2D eigenvalue weighted by atomic mass is 9.33. The van der Waals surface area contributed by atoms with E-state index in [4.69, 9.17) is 0 Å². The molecular weight excluding hydrogens is 483 g/mol. The SMILES string of the molecule is Cc1ccc2c(c1)B1c3ccccc3N(c3ccccc3)c3cccc(c31)N2c1ccc(C2CCCCC2)cc1. The summed E-state index contributed by atoms with van der Waals surface area (Å²) in [7, 11) is 0. The quantitative estimate of drug-likeness (QED) is 0.219. The topological polar surface area (TPSA) is 6.48 Å². The van der Waals surface area contributed by atoms with Crippen LogP contribution in [0, 0.1) is 6.92 Å². The summed E-state index contributed by atoms with van der Waals surface area (Å²) in [5.41, 5.74) is 14.5. The van der Waals surface area contributed by atoms with E-state index in [0.29, 0.717) is 5.92 Å². The highest BCUT2D eigenvalue weighted by Gasteiger charge is 2.42. The zero-order valence-electron chi connectivity index (χ0n) is 23.1. The minimum atomic E-state index is 0.190. The molecular formula is C37H33BN2. The van der Waals surface area contributed by atoms with Crippen LogP contribution in [0.2, 0.25) is 0 Å². The van der Waals surface area contributed by atoms with Crippen molar-refractivity contribution in [1.82, 2.24) is 0 Å². The van der Waals surface area contributed by atoms with Crippen molar-refractivity contribution in [3.05, 3.63) is 126 Å². The maximum atomic E-state index is 2.51. The molecule has 40 heavy (non-hydrogen) atoms. The second-order valence-electron chi connectivity index (χ2n) is 11.7. The van der Waals surface area contributed by atoms with Crippen LogP contribution in [0.5, 0.6) is 0 Å². The number of para-hydroxylation sites is 2. The van der Waals surface area contributed by atoms with Gasteiger partial charge in [0.1, 0.15) is 0 Å². The molecule has 3 heteroatoms. The van der Waals surface area contributed by atoms with Crippen LogP contribution in [0.15, 0.2) is 115 Å². The van der Waals surface area contributed by atoms with Crippen LogP contribution in [0.25, 0.3) is 0 Å². The van der Waals surface area contributed by atoms with Crippen LogP contribution in [0.1, 0.15) is 49.1 Å². The van der Waals surface area contributed by atoms with E-state index in [-0.39, 0.29) is 6.71 Å². The standard InChI is InChI=1S/C37H33BN2/c1-26-19-24-34-32(25-26)38-31-15-8-9-16-33(31)39(29-13-6-3-7-14-29)35-17-10-18-36(37(35)38)40(34)30-22-20-28(21-23-30)27-11-4-2-5-12-27/h3,6-10,13-25,27H,2,4-5,11-12H2,1H3. The van der Waals surface area contributed by atoms with Crippen molar-refractivity contribution in [3.63, 3.8) is 0 Å². The Kier molecular flexibility index (Phi) is 5.58. The Balaban J connectivity index is 1.35. The fourth-order valence-corrected chi connectivity index (χ4v) is 7.47. The molecule has 1 aliphatic carbocycles. The first-order valence-electron chi connectivity index (χ1n) is 14.9. The van der Waals surface area contributed by atoms with E-state index >= 15 is 0 Å². The van der Waals surface area contributed by atoms with Gasteiger partial charge in [-0.25, -0.2) is 0 Å². The molecule has 1 saturated carbocycles. The summed E-state index contributed by atoms with van der Waals surface area (Å²) in [6.07, 6.45) is 6.77. The molecule has 0 bridgehead atoms. The van der Waals surface area contributed by atoms with Crippen LogP contribution in [-0.4, -0.2) is 6.71 Å². The minimum absolute atomic E-state index is 0.190. The Morgan fingerprint density at radius 3 is 1.93 bits per heavy atom. The third kappa shape index (κ3) is 3.64. The maximum absolute atomic E-state index is 2.51. The van der Waals surface area contributed by atoms with E-state index in [0.717, 1.165) is 0 Å². The summed E-state index contributed by atoms with van der Waals surface area (Å²) in [6, 6.07) is 43.2. The highest BCUT2D eigenvalue weighted by Crippen LogP contribution is 2.44. The molecule has 5 aromatic rings. The molecule has 2 aliphatic heterocycles. The van der Waals surface area contributed by atoms with Crippen LogP contribution in [0.4, 0.5) is 34.1 Å². The zero-order chi connectivity index (χ0) is 26.6. The number of hydrogen-bond donors (Lipinski definition) is 0. The summed E-state index contributed by atoms with van der Waals surface area (Å²) >= 11 is 0. The number of rotatable bonds is 3. The van der Waals surface area contributed by atoms with Gasteiger partial charge in [0.2, 0.25) is 0 Å². The third-order valence-electron chi connectivity index (χ3n) is 9.30. The number of anilines is 6. The Hall–Kier alpha value is -4.24. The average Bonchev–Trinajstić information content (AvgIpc) is 3.02. The van der Waals surface area contributed by atoms with Crippen LogP contribution in [0.3, 0.4) is 0 Å². The molecule has 5 aromatic carbocycles. The Morgan fingerprint density at radius 2 is 1.18 bits per heavy atom. The lowest BCUT2D eigenvalue weighted by Crippen LogP contribution is -2.61. The van der Waals surface area contributed by atoms with Crippen molar-refractivity contribution in [2.24, 2.45) is 0 Å². The molecule has 1 fully saturated rings. The molecule has 8 rings (SSSR count). The predicted octanol–water partition coefficient (Wildman–Crippen LogP) is 8.13. The van der Waals surface area contributed by atoms with E-state index in [1.54, 1.807) is 0 Å². The van der Waals surface area contributed by atoms with E-state index < -0.39 is 0 Å². The molecule has 2 nitrogen and oxygen atoms in total. The van der Waals surface area contributed by atoms with Crippen molar-refractivity contribution >= 4 is 57.2 Å². The largest absolute Gasteiger partial charge is 0.311 e. The van der Waals surface area contributed by atoms with Gasteiger partial charge in [0.05, 0.1) is 0 Å². The molecule has 0 spiro atoms. The van der Waals surface area contributed by atoms with E-state index in [2.05, 4.69) is 132 Å². The zero-order valence-corrected chi connectivity index (χ0v) is 23.1. The van der Waals surface area contributed by atoms with Crippen molar-refractivity contribution in [1.29, 1.82) is 0 Å². The van der Waals surface area contributed by atoms with Crippen molar-refractivity contribution < 1.29 is 0 Å². The van der Waals surface area contributed by atoms with Crippen molar-refractivity contribution in [2.75, 3.05) is 9.80 Å². The van der Waals surface area contributed by atoms with Crippen LogP contribution in [-0.2, 0) is 0 Å². The summed E-state index contributed by atoms with van der Waals surface area (Å²) in [5, 5.41) is 0. The number of nitrogens with zero attached hydrogens (tertiary/aromatic N) is 2. The normalized spacial score (nSPS) is 15.9. The van der Waals surface area contributed by atoms with Gasteiger partial charge >= 0.3 is 0 Å². The lowest BCUT2D eigenvalue weighted by Gasteiger charge is -2.44. The third-order valence-corrected chi connectivity index (χ3v) is 9.30. The molecule has 2 heterocycles. The van der Waals surface area contributed by atoms with Gasteiger partial charge in [0.15, 0.2) is 0 Å². The monoisotopic (exact) mass is 516 g/mol. The highest BCUT2D eigenvalue weighted by atomic mass is 15.2. The molecule has 0 N–H and O–H groups in total. The van der Waals surface area contributed by atoms with Gasteiger partial charge < -0.3 is 9.80 Å². The summed E-state index contributed by atoms with van der Waals surface area (Å²) in [5.74, 6) is 0.712. The Bertz CT molecular complexity index is 1700. The van der Waals surface area contributed by atoms with E-state index in [9.17, 15) is 0 Å². The number of hydrogen-bond acceptors (Lipinski definition) is 2. The molecule has 0 radical (unpaired) electrons. The summed E-state index contributed by atoms with van der Waals surface area (Å²) in [4.78, 5) is 4.96. The second kappa shape index (κ2) is 9.45. The van der Waals surface area contributed by atoms with Gasteiger partial charge in [-0.2, -0.15) is 0 Å². The molecule has 194 valence electrons. The first kappa shape index (κ1) is 23.6. The van der Waals surface area contributed by atoms with Gasteiger partial charge in [-0.05, 0) is 96.2 Å². The molecule has 3 aliphatic rings. The molecule has 0 saturated heterocycles. The highest BCUT2D eigenvalue weighted by molar-refractivity contribution is 7.00. The lowest BCUT2D eigenvalue weighted by molar-refractivity contribution is 0.443. The first-order chi connectivity index (χ1) is 19.8. The fraction of sp³-hybridized carbons (Fsp3) is 0.189. The van der Waals surface area contributed by atoms with Crippen LogP contribution < -0.4 is 26.2 Å². The van der Waals surface area contributed by atoms with Crippen molar-refractivity contribution in [3.8, 4) is 0 Å². The van der Waals surface area contributed by atoms with Gasteiger partial charge in [-0.3, -0.25) is 0 Å². The van der Waals surface area contributed by atoms with E-state index in [1.807, 2.05) is 0 Å². The number of aryl methyl sites for hydroxylation is 1. The fourth-order valence-electron chi connectivity index (χ4n) is 7.47. The predicted molar refractivity (Wildman–Crippen MR) is 171 cm³/mol. The smallest absolute Gasteiger partial charge is 0.252 e. The maximum Gasteiger partial charge on any atom is 0.252 e. The molecule has 0 unspecified atom stereocenters. The Labute approximate surface area is 238 Å². The van der Waals surface area contributed by atoms with Gasteiger partial charge in [0, 0.05) is 34.1 Å². The van der Waals surface area contributed by atoms with Crippen molar-refractivity contribution in [2.45, 2.75) is 44.9 Å². The minimum Gasteiger partial charge on any atom is -0.311 e. The number of benzene rings is 5. The van der Waals surface area contributed by atoms with Gasteiger partial charge in [-0.15, -0.1) is 0 Å². The summed E-state index contributed by atoms with van der Waals surface area (Å²) < 4.78 is 0. The van der Waals surface area contributed by atoms with Gasteiger partial charge in [-0.1, -0.05) is 91.6 Å². The average molecular weight is 516 g/mol. The van der Waals surface area contributed by atoms with E-state index in [1.165, 1.54) is 93.7 Å². The second-order valence-corrected chi connectivity index (χ2v) is 11.7.